The Labute approximate surface area is 119 Å². The maximum absolute atomic E-state index is 11.7. The number of hydrogen-bond donors (Lipinski definition) is 0. The molecule has 0 atom stereocenters. The molecule has 0 saturated carbocycles. The molecule has 0 saturated heterocycles. The van der Waals surface area contributed by atoms with Gasteiger partial charge in [0, 0.05) is 20.3 Å². The van der Waals surface area contributed by atoms with E-state index in [2.05, 4.69) is 15.3 Å². The number of carbonyl (C=O) groups excluding carboxylic acids is 2. The van der Waals surface area contributed by atoms with E-state index in [0.717, 1.165) is 11.3 Å². The average Bonchev–Trinajstić information content (AvgIpc) is 3.06. The summed E-state index contributed by atoms with van der Waals surface area (Å²) in [5.74, 6) is -0.730. The van der Waals surface area contributed by atoms with Gasteiger partial charge in [0.2, 0.25) is 10.1 Å². The maximum atomic E-state index is 11.7. The fourth-order valence-corrected chi connectivity index (χ4v) is 2.03. The van der Waals surface area contributed by atoms with Crippen LogP contribution in [-0.2, 0) is 4.74 Å². The van der Waals surface area contributed by atoms with Crippen molar-refractivity contribution in [2.45, 2.75) is 6.92 Å². The van der Waals surface area contributed by atoms with E-state index in [1.165, 1.54) is 9.58 Å². The van der Waals surface area contributed by atoms with Crippen molar-refractivity contribution < 1.29 is 14.3 Å². The molecule has 1 amide bonds. The van der Waals surface area contributed by atoms with Crippen molar-refractivity contribution in [1.82, 2.24) is 24.9 Å². The zero-order valence-electron chi connectivity index (χ0n) is 11.2. The first-order valence-electron chi connectivity index (χ1n) is 5.81. The number of amides is 1. The number of nitrogens with zero attached hydrogens (tertiary/aromatic N) is 5. The number of rotatable bonds is 4. The molecule has 8 nitrogen and oxygen atoms in total. The molecule has 2 heterocycles. The van der Waals surface area contributed by atoms with Gasteiger partial charge in [-0.2, -0.15) is 5.10 Å². The van der Waals surface area contributed by atoms with Crippen LogP contribution >= 0.6 is 11.3 Å². The summed E-state index contributed by atoms with van der Waals surface area (Å²) in [6, 6.07) is 1.58. The molecule has 9 heteroatoms. The summed E-state index contributed by atoms with van der Waals surface area (Å²) >= 11 is 1.05. The number of aromatic nitrogens is 4. The monoisotopic (exact) mass is 295 g/mol. The second-order valence-corrected chi connectivity index (χ2v) is 4.91. The summed E-state index contributed by atoms with van der Waals surface area (Å²) in [7, 11) is 3.29. The summed E-state index contributed by atoms with van der Waals surface area (Å²) in [5, 5.41) is 12.2. The third-order valence-electron chi connectivity index (χ3n) is 2.27. The summed E-state index contributed by atoms with van der Waals surface area (Å²) in [6.07, 6.45) is 1.59. The molecular weight excluding hydrogens is 282 g/mol. The summed E-state index contributed by atoms with van der Waals surface area (Å²) in [4.78, 5) is 24.6. The highest BCUT2D eigenvalue weighted by Gasteiger charge is 2.17. The van der Waals surface area contributed by atoms with E-state index >= 15 is 0 Å². The van der Waals surface area contributed by atoms with Crippen LogP contribution in [0.2, 0.25) is 0 Å². The minimum atomic E-state index is -0.520. The van der Waals surface area contributed by atoms with Crippen LogP contribution < -0.4 is 0 Å². The molecule has 2 aromatic heterocycles. The van der Waals surface area contributed by atoms with Crippen molar-refractivity contribution in [2.24, 2.45) is 0 Å². The lowest BCUT2D eigenvalue weighted by Crippen LogP contribution is -2.22. The Morgan fingerprint density at radius 1 is 1.40 bits per heavy atom. The fourth-order valence-electron chi connectivity index (χ4n) is 1.36. The van der Waals surface area contributed by atoms with Crippen LogP contribution in [0.3, 0.4) is 0 Å². The molecule has 0 bridgehead atoms. The van der Waals surface area contributed by atoms with E-state index in [1.807, 2.05) is 0 Å². The molecule has 0 unspecified atom stereocenters. The standard InChI is InChI=1S/C11H13N5O3S/c1-4-19-10(18)8-12-13-11(20-8)16-6-5-7(14-16)9(17)15(2)3/h5-6H,4H2,1-3H3. The molecule has 0 spiro atoms. The highest BCUT2D eigenvalue weighted by Crippen LogP contribution is 2.15. The smallest absolute Gasteiger partial charge is 0.369 e. The van der Waals surface area contributed by atoms with E-state index in [-0.39, 0.29) is 17.5 Å². The molecule has 0 fully saturated rings. The van der Waals surface area contributed by atoms with Gasteiger partial charge in [0.25, 0.3) is 5.91 Å². The highest BCUT2D eigenvalue weighted by molar-refractivity contribution is 7.15. The van der Waals surface area contributed by atoms with Gasteiger partial charge in [-0.1, -0.05) is 11.3 Å². The Hall–Kier alpha value is -2.29. The molecule has 0 aliphatic rings. The zero-order valence-corrected chi connectivity index (χ0v) is 12.0. The molecule has 106 valence electrons. The van der Waals surface area contributed by atoms with Crippen molar-refractivity contribution >= 4 is 23.2 Å². The molecule has 2 aromatic rings. The summed E-state index contributed by atoms with van der Waals surface area (Å²) in [5.41, 5.74) is 0.294. The van der Waals surface area contributed by atoms with Gasteiger partial charge in [0.1, 0.15) is 0 Å². The first kappa shape index (κ1) is 14.1. The molecule has 2 rings (SSSR count). The van der Waals surface area contributed by atoms with Gasteiger partial charge in [0.05, 0.1) is 6.61 Å². The molecule has 0 radical (unpaired) electrons. The Bertz CT molecular complexity index is 634. The van der Waals surface area contributed by atoms with E-state index in [4.69, 9.17) is 4.74 Å². The highest BCUT2D eigenvalue weighted by atomic mass is 32.1. The maximum Gasteiger partial charge on any atom is 0.369 e. The van der Waals surface area contributed by atoms with Crippen molar-refractivity contribution in [3.63, 3.8) is 0 Å². The first-order valence-corrected chi connectivity index (χ1v) is 6.63. The fraction of sp³-hybridized carbons (Fsp3) is 0.364. The normalized spacial score (nSPS) is 10.3. The lowest BCUT2D eigenvalue weighted by Gasteiger charge is -2.06. The Morgan fingerprint density at radius 3 is 2.80 bits per heavy atom. The van der Waals surface area contributed by atoms with Gasteiger partial charge in [0.15, 0.2) is 5.69 Å². The quantitative estimate of drug-likeness (QED) is 0.767. The topological polar surface area (TPSA) is 90.2 Å². The molecular formula is C11H13N5O3S. The second-order valence-electron chi connectivity index (χ2n) is 3.96. The van der Waals surface area contributed by atoms with E-state index in [9.17, 15) is 9.59 Å². The van der Waals surface area contributed by atoms with Crippen LogP contribution in [0.1, 0.15) is 27.2 Å². The van der Waals surface area contributed by atoms with Crippen LogP contribution in [0, 0.1) is 0 Å². The van der Waals surface area contributed by atoms with Gasteiger partial charge >= 0.3 is 5.97 Å². The van der Waals surface area contributed by atoms with Crippen LogP contribution in [0.4, 0.5) is 0 Å². The lowest BCUT2D eigenvalue weighted by atomic mass is 10.4. The van der Waals surface area contributed by atoms with Gasteiger partial charge in [-0.15, -0.1) is 10.2 Å². The van der Waals surface area contributed by atoms with E-state index in [1.54, 1.807) is 33.3 Å². The van der Waals surface area contributed by atoms with Crippen LogP contribution in [0.5, 0.6) is 0 Å². The number of hydrogen-bond acceptors (Lipinski definition) is 7. The Kier molecular flexibility index (Phi) is 4.08. The molecule has 0 aliphatic carbocycles. The molecule has 20 heavy (non-hydrogen) atoms. The number of carbonyl (C=O) groups is 2. The SMILES string of the molecule is CCOC(=O)c1nnc(-n2ccc(C(=O)N(C)C)n2)s1. The Morgan fingerprint density at radius 2 is 2.15 bits per heavy atom. The predicted molar refractivity (Wildman–Crippen MR) is 71.0 cm³/mol. The third kappa shape index (κ3) is 2.82. The van der Waals surface area contributed by atoms with Gasteiger partial charge in [-0.25, -0.2) is 9.48 Å². The summed E-state index contributed by atoms with van der Waals surface area (Å²) in [6.45, 7) is 1.99. The second kappa shape index (κ2) is 5.78. The molecule has 0 aromatic carbocycles. The minimum Gasteiger partial charge on any atom is -0.461 e. The van der Waals surface area contributed by atoms with E-state index < -0.39 is 5.97 Å². The summed E-state index contributed by atoms with van der Waals surface area (Å²) < 4.78 is 6.23. The van der Waals surface area contributed by atoms with E-state index in [0.29, 0.717) is 10.8 Å². The number of esters is 1. The van der Waals surface area contributed by atoms with Crippen LogP contribution in [0.15, 0.2) is 12.3 Å². The zero-order chi connectivity index (χ0) is 14.7. The van der Waals surface area contributed by atoms with Crippen LogP contribution in [0.25, 0.3) is 5.13 Å². The van der Waals surface area contributed by atoms with Gasteiger partial charge in [-0.3, -0.25) is 4.79 Å². The van der Waals surface area contributed by atoms with Crippen molar-refractivity contribution in [3.05, 3.63) is 23.0 Å². The van der Waals surface area contributed by atoms with Crippen LogP contribution in [-0.4, -0.2) is 57.5 Å². The average molecular weight is 295 g/mol. The van der Waals surface area contributed by atoms with Crippen molar-refractivity contribution in [1.29, 1.82) is 0 Å². The third-order valence-corrected chi connectivity index (χ3v) is 3.17. The molecule has 0 N–H and O–H groups in total. The van der Waals surface area contributed by atoms with Gasteiger partial charge < -0.3 is 9.64 Å². The molecule has 0 aliphatic heterocycles. The predicted octanol–water partition coefficient (Wildman–Crippen LogP) is 0.602. The lowest BCUT2D eigenvalue weighted by molar-refractivity contribution is 0.0524. The first-order chi connectivity index (χ1) is 9.52. The van der Waals surface area contributed by atoms with Gasteiger partial charge in [-0.05, 0) is 13.0 Å². The van der Waals surface area contributed by atoms with Crippen molar-refractivity contribution in [3.8, 4) is 5.13 Å². The minimum absolute atomic E-state index is 0.151. The number of ether oxygens (including phenoxy) is 1. The largest absolute Gasteiger partial charge is 0.461 e. The Balaban J connectivity index is 2.21. The van der Waals surface area contributed by atoms with Crippen molar-refractivity contribution in [2.75, 3.05) is 20.7 Å².